The van der Waals surface area contributed by atoms with Gasteiger partial charge < -0.3 is 14.4 Å². The lowest BCUT2D eigenvalue weighted by atomic mass is 10.1. The fraction of sp³-hybridized carbons (Fsp3) is 0.417. The van der Waals surface area contributed by atoms with Crippen LogP contribution in [0, 0.1) is 13.8 Å². The molecule has 0 fully saturated rings. The van der Waals surface area contributed by atoms with E-state index in [1.165, 1.54) is 11.1 Å². The van der Waals surface area contributed by atoms with Gasteiger partial charge in [-0.1, -0.05) is 43.4 Å². The number of ether oxygens (including phenoxy) is 2. The summed E-state index contributed by atoms with van der Waals surface area (Å²) in [6.45, 7) is 11.8. The second-order valence-corrected chi connectivity index (χ2v) is 8.79. The summed E-state index contributed by atoms with van der Waals surface area (Å²) in [5.74, 6) is 1.16. The third kappa shape index (κ3) is 4.52. The molecule has 6 nitrogen and oxygen atoms in total. The fourth-order valence-electron chi connectivity index (χ4n) is 3.88. The van der Waals surface area contributed by atoms with Gasteiger partial charge in [0.05, 0.1) is 10.2 Å². The van der Waals surface area contributed by atoms with Crippen molar-refractivity contribution < 1.29 is 14.3 Å². The minimum absolute atomic E-state index is 0.116. The standard InChI is InChI=1S/C24H29N3O3S/c1-5-26(6-2)11-12-27(24-25-18-14-16(3)13-17(4)22(18)31-24)23(28)21-15-29-19-9-7-8-10-20(19)30-21/h7-10,13-14,21H,5-6,11-12,15H2,1-4H3. The van der Waals surface area contributed by atoms with Gasteiger partial charge in [-0.05, 0) is 56.3 Å². The molecule has 0 radical (unpaired) electrons. The summed E-state index contributed by atoms with van der Waals surface area (Å²) in [6, 6.07) is 11.7. The van der Waals surface area contributed by atoms with E-state index in [4.69, 9.17) is 14.5 Å². The van der Waals surface area contributed by atoms with E-state index in [9.17, 15) is 4.79 Å². The number of hydrogen-bond acceptors (Lipinski definition) is 6. The van der Waals surface area contributed by atoms with Crippen molar-refractivity contribution in [1.82, 2.24) is 9.88 Å². The van der Waals surface area contributed by atoms with Gasteiger partial charge in [0.1, 0.15) is 6.61 Å². The van der Waals surface area contributed by atoms with E-state index in [1.807, 2.05) is 24.3 Å². The molecule has 1 atom stereocenters. The van der Waals surface area contributed by atoms with E-state index < -0.39 is 6.10 Å². The van der Waals surface area contributed by atoms with Gasteiger partial charge in [-0.25, -0.2) is 4.98 Å². The van der Waals surface area contributed by atoms with Gasteiger partial charge in [-0.2, -0.15) is 0 Å². The predicted molar refractivity (Wildman–Crippen MR) is 126 cm³/mol. The molecule has 0 N–H and O–H groups in total. The Morgan fingerprint density at radius 1 is 1.13 bits per heavy atom. The number of anilines is 1. The van der Waals surface area contributed by atoms with E-state index in [-0.39, 0.29) is 12.5 Å². The minimum Gasteiger partial charge on any atom is -0.485 e. The Hall–Kier alpha value is -2.64. The second-order valence-electron chi connectivity index (χ2n) is 7.81. The summed E-state index contributed by atoms with van der Waals surface area (Å²) in [5, 5.41) is 0.711. The molecule has 1 aliphatic rings. The monoisotopic (exact) mass is 439 g/mol. The van der Waals surface area contributed by atoms with Crippen molar-refractivity contribution >= 4 is 32.6 Å². The Morgan fingerprint density at radius 2 is 1.87 bits per heavy atom. The first-order chi connectivity index (χ1) is 15.0. The van der Waals surface area contributed by atoms with Crippen LogP contribution in [0.25, 0.3) is 10.2 Å². The normalized spacial score (nSPS) is 15.5. The average molecular weight is 440 g/mol. The lowest BCUT2D eigenvalue weighted by Crippen LogP contribution is -2.48. The minimum atomic E-state index is -0.693. The molecule has 2 heterocycles. The Bertz CT molecular complexity index is 1080. The maximum absolute atomic E-state index is 13.6. The number of aryl methyl sites for hydroxylation is 2. The number of benzene rings is 2. The number of carbonyl (C=O) groups is 1. The number of thiazole rings is 1. The van der Waals surface area contributed by atoms with Gasteiger partial charge in [0.15, 0.2) is 16.6 Å². The van der Waals surface area contributed by atoms with Gasteiger partial charge in [-0.15, -0.1) is 0 Å². The molecular formula is C24H29N3O3S. The summed E-state index contributed by atoms with van der Waals surface area (Å²) in [4.78, 5) is 22.5. The SMILES string of the molecule is CCN(CC)CCN(C(=O)C1COc2ccccc2O1)c1nc2cc(C)cc(C)c2s1. The third-order valence-corrected chi connectivity index (χ3v) is 6.85. The molecule has 4 rings (SSSR count). The summed E-state index contributed by atoms with van der Waals surface area (Å²) < 4.78 is 12.9. The Morgan fingerprint density at radius 3 is 2.61 bits per heavy atom. The molecule has 0 aliphatic carbocycles. The van der Waals surface area contributed by atoms with Crippen LogP contribution in [0.3, 0.4) is 0 Å². The highest BCUT2D eigenvalue weighted by atomic mass is 32.1. The van der Waals surface area contributed by atoms with Crippen LogP contribution >= 0.6 is 11.3 Å². The number of para-hydroxylation sites is 2. The summed E-state index contributed by atoms with van der Waals surface area (Å²) in [6.07, 6.45) is -0.693. The lowest BCUT2D eigenvalue weighted by molar-refractivity contribution is -0.127. The van der Waals surface area contributed by atoms with E-state index in [1.54, 1.807) is 16.2 Å². The third-order valence-electron chi connectivity index (χ3n) is 5.62. The van der Waals surface area contributed by atoms with Crippen LogP contribution in [0.5, 0.6) is 11.5 Å². The zero-order chi connectivity index (χ0) is 22.0. The van der Waals surface area contributed by atoms with E-state index in [0.717, 1.165) is 29.9 Å². The van der Waals surface area contributed by atoms with Gasteiger partial charge >= 0.3 is 0 Å². The van der Waals surface area contributed by atoms with E-state index in [0.29, 0.717) is 23.2 Å². The molecule has 3 aromatic rings. The van der Waals surface area contributed by atoms with E-state index in [2.05, 4.69) is 44.7 Å². The topological polar surface area (TPSA) is 54.9 Å². The first-order valence-electron chi connectivity index (χ1n) is 10.8. The zero-order valence-corrected chi connectivity index (χ0v) is 19.4. The van der Waals surface area contributed by atoms with Crippen molar-refractivity contribution in [3.05, 3.63) is 47.5 Å². The number of hydrogen-bond donors (Lipinski definition) is 0. The quantitative estimate of drug-likeness (QED) is 0.545. The molecule has 0 saturated carbocycles. The smallest absolute Gasteiger partial charge is 0.273 e. The number of carbonyl (C=O) groups excluding carboxylic acids is 1. The maximum atomic E-state index is 13.6. The van der Waals surface area contributed by atoms with Crippen molar-refractivity contribution in [2.75, 3.05) is 37.7 Å². The van der Waals surface area contributed by atoms with Crippen LogP contribution < -0.4 is 14.4 Å². The van der Waals surface area contributed by atoms with Crippen LogP contribution in [0.15, 0.2) is 36.4 Å². The van der Waals surface area contributed by atoms with Gasteiger partial charge in [0.2, 0.25) is 6.10 Å². The molecule has 0 saturated heterocycles. The van der Waals surface area contributed by atoms with Crippen LogP contribution in [0.1, 0.15) is 25.0 Å². The maximum Gasteiger partial charge on any atom is 0.273 e. The Balaban J connectivity index is 1.64. The number of aromatic nitrogens is 1. The highest BCUT2D eigenvalue weighted by Crippen LogP contribution is 2.34. The number of fused-ring (bicyclic) bond motifs is 2. The molecule has 1 aliphatic heterocycles. The number of likely N-dealkylation sites (N-methyl/N-ethyl adjacent to an activating group) is 1. The highest BCUT2D eigenvalue weighted by Gasteiger charge is 2.33. The molecule has 0 spiro atoms. The van der Waals surface area contributed by atoms with Crippen LogP contribution in [-0.4, -0.2) is 54.7 Å². The van der Waals surface area contributed by atoms with Gasteiger partial charge in [0, 0.05) is 13.1 Å². The summed E-state index contributed by atoms with van der Waals surface area (Å²) >= 11 is 1.56. The van der Waals surface area contributed by atoms with Gasteiger partial charge in [-0.3, -0.25) is 9.69 Å². The van der Waals surface area contributed by atoms with Crippen LogP contribution in [0.4, 0.5) is 5.13 Å². The predicted octanol–water partition coefficient (Wildman–Crippen LogP) is 4.43. The highest BCUT2D eigenvalue weighted by molar-refractivity contribution is 7.22. The molecule has 1 aromatic heterocycles. The van der Waals surface area contributed by atoms with Crippen LogP contribution in [0.2, 0.25) is 0 Å². The molecule has 1 unspecified atom stereocenters. The Labute approximate surface area is 187 Å². The van der Waals surface area contributed by atoms with Crippen molar-refractivity contribution in [2.45, 2.75) is 33.8 Å². The largest absolute Gasteiger partial charge is 0.485 e. The molecule has 0 bridgehead atoms. The van der Waals surface area contributed by atoms with Crippen molar-refractivity contribution in [3.63, 3.8) is 0 Å². The zero-order valence-electron chi connectivity index (χ0n) is 18.6. The lowest BCUT2D eigenvalue weighted by Gasteiger charge is -2.30. The average Bonchev–Trinajstić information content (AvgIpc) is 3.20. The molecule has 1 amide bonds. The Kier molecular flexibility index (Phi) is 6.43. The van der Waals surface area contributed by atoms with Gasteiger partial charge in [0.25, 0.3) is 5.91 Å². The van der Waals surface area contributed by atoms with Crippen molar-refractivity contribution in [3.8, 4) is 11.5 Å². The number of rotatable bonds is 7. The van der Waals surface area contributed by atoms with Crippen molar-refractivity contribution in [2.24, 2.45) is 0 Å². The first kappa shape index (κ1) is 21.6. The molecule has 164 valence electrons. The van der Waals surface area contributed by atoms with E-state index >= 15 is 0 Å². The second kappa shape index (κ2) is 9.24. The van der Waals surface area contributed by atoms with Crippen LogP contribution in [-0.2, 0) is 4.79 Å². The number of nitrogens with zero attached hydrogens (tertiary/aromatic N) is 3. The van der Waals surface area contributed by atoms with Crippen molar-refractivity contribution in [1.29, 1.82) is 0 Å². The molecular weight excluding hydrogens is 410 g/mol. The molecule has 2 aromatic carbocycles. The summed E-state index contributed by atoms with van der Waals surface area (Å²) in [7, 11) is 0. The molecule has 31 heavy (non-hydrogen) atoms. The fourth-order valence-corrected chi connectivity index (χ4v) is 4.92. The molecule has 7 heteroatoms. The summed E-state index contributed by atoms with van der Waals surface area (Å²) in [5.41, 5.74) is 3.29. The number of amides is 1. The first-order valence-corrected chi connectivity index (χ1v) is 11.6.